The summed E-state index contributed by atoms with van der Waals surface area (Å²) in [5, 5.41) is 2.58. The predicted octanol–water partition coefficient (Wildman–Crippen LogP) is 2.08. The monoisotopic (exact) mass is 357 g/mol. The zero-order chi connectivity index (χ0) is 18.5. The summed E-state index contributed by atoms with van der Waals surface area (Å²) in [7, 11) is -3.64. The molecule has 0 aliphatic heterocycles. The number of hydrogen-bond donors (Lipinski definition) is 3. The van der Waals surface area contributed by atoms with Crippen molar-refractivity contribution in [3.8, 4) is 0 Å². The molecule has 0 spiro atoms. The molecule has 1 aromatic rings. The van der Waals surface area contributed by atoms with Crippen LogP contribution in [0.25, 0.3) is 0 Å². The molecular formula is C16H27N3O4S. The molecule has 0 unspecified atom stereocenters. The van der Waals surface area contributed by atoms with Gasteiger partial charge in [-0.15, -0.1) is 0 Å². The lowest BCUT2D eigenvalue weighted by Crippen LogP contribution is -2.34. The second-order valence-corrected chi connectivity index (χ2v) is 8.39. The van der Waals surface area contributed by atoms with Crippen LogP contribution in [0, 0.1) is 13.8 Å². The summed E-state index contributed by atoms with van der Waals surface area (Å²) < 4.78 is 32.3. The minimum atomic E-state index is -3.64. The van der Waals surface area contributed by atoms with E-state index in [0.717, 1.165) is 5.56 Å². The number of aryl methyl sites for hydroxylation is 1. The molecule has 0 aliphatic rings. The van der Waals surface area contributed by atoms with Gasteiger partial charge in [0.05, 0.1) is 4.90 Å². The van der Waals surface area contributed by atoms with Crippen LogP contribution >= 0.6 is 0 Å². The van der Waals surface area contributed by atoms with Crippen molar-refractivity contribution < 1.29 is 17.9 Å². The number of sulfonamides is 1. The largest absolute Gasteiger partial charge is 0.444 e. The highest BCUT2D eigenvalue weighted by Gasteiger charge is 2.18. The summed E-state index contributed by atoms with van der Waals surface area (Å²) in [5.74, 6) is 0. The summed E-state index contributed by atoms with van der Waals surface area (Å²) in [6, 6.07) is 3.33. The Kier molecular flexibility index (Phi) is 6.62. The van der Waals surface area contributed by atoms with Gasteiger partial charge in [0.2, 0.25) is 10.0 Å². The standard InChI is InChI=1S/C16H27N3O4S/c1-11-9-13(17)12(2)14(10-11)24(21,22)19-8-6-7-18-15(20)23-16(3,4)5/h9-10,19H,6-8,17H2,1-5H3,(H,18,20). The highest BCUT2D eigenvalue weighted by atomic mass is 32.2. The maximum Gasteiger partial charge on any atom is 0.407 e. The molecule has 8 heteroatoms. The quantitative estimate of drug-likeness (QED) is 0.533. The molecular weight excluding hydrogens is 330 g/mol. The number of anilines is 1. The highest BCUT2D eigenvalue weighted by molar-refractivity contribution is 7.89. The maximum atomic E-state index is 12.4. The van der Waals surface area contributed by atoms with Crippen molar-refractivity contribution >= 4 is 21.8 Å². The van der Waals surface area contributed by atoms with Gasteiger partial charge in [-0.25, -0.2) is 17.9 Å². The predicted molar refractivity (Wildman–Crippen MR) is 94.4 cm³/mol. The fourth-order valence-corrected chi connectivity index (χ4v) is 3.44. The molecule has 1 amide bonds. The summed E-state index contributed by atoms with van der Waals surface area (Å²) in [4.78, 5) is 11.7. The van der Waals surface area contributed by atoms with Gasteiger partial charge in [0, 0.05) is 18.8 Å². The van der Waals surface area contributed by atoms with Crippen LogP contribution in [0.1, 0.15) is 38.3 Å². The van der Waals surface area contributed by atoms with E-state index in [0.29, 0.717) is 24.2 Å². The van der Waals surface area contributed by atoms with Gasteiger partial charge < -0.3 is 15.8 Å². The third-order valence-electron chi connectivity index (χ3n) is 3.15. The molecule has 4 N–H and O–H groups in total. The first kappa shape index (κ1) is 20.2. The molecule has 24 heavy (non-hydrogen) atoms. The Morgan fingerprint density at radius 3 is 2.42 bits per heavy atom. The Morgan fingerprint density at radius 2 is 1.83 bits per heavy atom. The van der Waals surface area contributed by atoms with Gasteiger partial charge in [-0.1, -0.05) is 0 Å². The van der Waals surface area contributed by atoms with Gasteiger partial charge >= 0.3 is 6.09 Å². The fraction of sp³-hybridized carbons (Fsp3) is 0.562. The fourth-order valence-electron chi connectivity index (χ4n) is 2.01. The van der Waals surface area contributed by atoms with Gasteiger partial charge in [0.1, 0.15) is 5.60 Å². The van der Waals surface area contributed by atoms with Crippen LogP contribution in [0.2, 0.25) is 0 Å². The summed E-state index contributed by atoms with van der Waals surface area (Å²) in [5.41, 5.74) is 7.02. The Hall–Kier alpha value is -1.80. The van der Waals surface area contributed by atoms with E-state index in [9.17, 15) is 13.2 Å². The van der Waals surface area contributed by atoms with Crippen molar-refractivity contribution in [3.63, 3.8) is 0 Å². The van der Waals surface area contributed by atoms with Gasteiger partial charge in [-0.2, -0.15) is 0 Å². The lowest BCUT2D eigenvalue weighted by Gasteiger charge is -2.19. The molecule has 0 aromatic heterocycles. The molecule has 0 saturated carbocycles. The van der Waals surface area contributed by atoms with Crippen LogP contribution in [-0.4, -0.2) is 33.2 Å². The van der Waals surface area contributed by atoms with Crippen molar-refractivity contribution in [2.24, 2.45) is 0 Å². The van der Waals surface area contributed by atoms with Gasteiger partial charge in [0.15, 0.2) is 0 Å². The average Bonchev–Trinajstić information content (AvgIpc) is 2.40. The second-order valence-electron chi connectivity index (χ2n) is 6.66. The summed E-state index contributed by atoms with van der Waals surface area (Å²) >= 11 is 0. The molecule has 0 saturated heterocycles. The van der Waals surface area contributed by atoms with E-state index < -0.39 is 21.7 Å². The summed E-state index contributed by atoms with van der Waals surface area (Å²) in [6.45, 7) is 9.30. The Bertz CT molecular complexity index is 694. The minimum Gasteiger partial charge on any atom is -0.444 e. The first-order valence-electron chi connectivity index (χ1n) is 7.75. The number of nitrogens with two attached hydrogens (primary N) is 1. The van der Waals surface area contributed by atoms with Crippen molar-refractivity contribution in [1.82, 2.24) is 10.0 Å². The molecule has 136 valence electrons. The van der Waals surface area contributed by atoms with Crippen LogP contribution < -0.4 is 15.8 Å². The molecule has 0 aliphatic carbocycles. The molecule has 7 nitrogen and oxygen atoms in total. The van der Waals surface area contributed by atoms with Crippen LogP contribution in [-0.2, 0) is 14.8 Å². The SMILES string of the molecule is Cc1cc(N)c(C)c(S(=O)(=O)NCCCNC(=O)OC(C)(C)C)c1. The van der Waals surface area contributed by atoms with Crippen LogP contribution in [0.4, 0.5) is 10.5 Å². The average molecular weight is 357 g/mol. The van der Waals surface area contributed by atoms with Crippen LogP contribution in [0.3, 0.4) is 0 Å². The number of nitrogen functional groups attached to an aromatic ring is 1. The van der Waals surface area contributed by atoms with E-state index in [1.807, 2.05) is 0 Å². The first-order valence-corrected chi connectivity index (χ1v) is 9.24. The van der Waals surface area contributed by atoms with Crippen LogP contribution in [0.15, 0.2) is 17.0 Å². The minimum absolute atomic E-state index is 0.181. The Morgan fingerprint density at radius 1 is 1.21 bits per heavy atom. The number of alkyl carbamates (subject to hydrolysis) is 1. The Labute approximate surface area is 144 Å². The summed E-state index contributed by atoms with van der Waals surface area (Å²) in [6.07, 6.45) is -0.0774. The van der Waals surface area contributed by atoms with E-state index in [2.05, 4.69) is 10.0 Å². The third kappa shape index (κ3) is 6.37. The topological polar surface area (TPSA) is 111 Å². The second kappa shape index (κ2) is 7.85. The van der Waals surface area contributed by atoms with Crippen molar-refractivity contribution in [2.45, 2.75) is 51.5 Å². The lowest BCUT2D eigenvalue weighted by atomic mass is 10.1. The number of hydrogen-bond acceptors (Lipinski definition) is 5. The van der Waals surface area contributed by atoms with Gasteiger partial charge in [-0.3, -0.25) is 0 Å². The molecule has 0 atom stereocenters. The van der Waals surface area contributed by atoms with E-state index in [1.165, 1.54) is 0 Å². The number of carbonyl (C=O) groups is 1. The first-order chi connectivity index (χ1) is 10.9. The zero-order valence-electron chi connectivity index (χ0n) is 14.9. The van der Waals surface area contributed by atoms with E-state index in [1.54, 1.807) is 46.8 Å². The molecule has 0 fully saturated rings. The smallest absolute Gasteiger partial charge is 0.407 e. The molecule has 0 bridgehead atoms. The number of rotatable bonds is 6. The van der Waals surface area contributed by atoms with E-state index >= 15 is 0 Å². The maximum absolute atomic E-state index is 12.4. The normalized spacial score (nSPS) is 12.0. The van der Waals surface area contributed by atoms with Gasteiger partial charge in [0.25, 0.3) is 0 Å². The number of benzene rings is 1. The lowest BCUT2D eigenvalue weighted by molar-refractivity contribution is 0.0527. The molecule has 0 radical (unpaired) electrons. The molecule has 1 aromatic carbocycles. The Balaban J connectivity index is 2.52. The molecule has 1 rings (SSSR count). The van der Waals surface area contributed by atoms with Crippen molar-refractivity contribution in [3.05, 3.63) is 23.3 Å². The number of ether oxygens (including phenoxy) is 1. The number of amides is 1. The van der Waals surface area contributed by atoms with Gasteiger partial charge in [-0.05, 0) is 64.3 Å². The van der Waals surface area contributed by atoms with Crippen molar-refractivity contribution in [2.75, 3.05) is 18.8 Å². The van der Waals surface area contributed by atoms with Crippen LogP contribution in [0.5, 0.6) is 0 Å². The highest BCUT2D eigenvalue weighted by Crippen LogP contribution is 2.22. The third-order valence-corrected chi connectivity index (χ3v) is 4.74. The number of carbonyl (C=O) groups excluding carboxylic acids is 1. The number of nitrogens with one attached hydrogen (secondary N) is 2. The van der Waals surface area contributed by atoms with E-state index in [-0.39, 0.29) is 11.4 Å². The van der Waals surface area contributed by atoms with E-state index in [4.69, 9.17) is 10.5 Å². The van der Waals surface area contributed by atoms with Crippen molar-refractivity contribution in [1.29, 1.82) is 0 Å². The molecule has 0 heterocycles. The zero-order valence-corrected chi connectivity index (χ0v) is 15.7.